The second-order valence-electron chi connectivity index (χ2n) is 13.4. The minimum Gasteiger partial charge on any atom is -0.481 e. The predicted octanol–water partition coefficient (Wildman–Crippen LogP) is 0.373. The first kappa shape index (κ1) is 50.0. The lowest BCUT2D eigenvalue weighted by atomic mass is 10.2. The van der Waals surface area contributed by atoms with E-state index in [0.717, 1.165) is 0 Å². The van der Waals surface area contributed by atoms with Crippen LogP contribution >= 0.6 is 0 Å². The smallest absolute Gasteiger partial charge is 0.411 e. The van der Waals surface area contributed by atoms with Crippen molar-refractivity contribution < 1.29 is 75.9 Å². The average molecular weight is 946 g/mol. The van der Waals surface area contributed by atoms with E-state index >= 15 is 0 Å². The van der Waals surface area contributed by atoms with Gasteiger partial charge in [0, 0.05) is 48.4 Å². The van der Waals surface area contributed by atoms with E-state index in [2.05, 4.69) is 21.3 Å². The van der Waals surface area contributed by atoms with E-state index in [1.54, 1.807) is 72.8 Å². The number of carboxylic acid groups (broad SMARTS) is 4. The van der Waals surface area contributed by atoms with Crippen molar-refractivity contribution in [1.82, 2.24) is 0 Å². The lowest BCUT2D eigenvalue weighted by Gasteiger charge is -2.24. The van der Waals surface area contributed by atoms with Crippen molar-refractivity contribution in [3.63, 3.8) is 0 Å². The molecule has 0 saturated carbocycles. The van der Waals surface area contributed by atoms with E-state index in [0.29, 0.717) is 43.5 Å². The Hall–Kier alpha value is -6.65. The molecular formula is C40H41N4O16Si4. The number of aliphatic carboxylic acids is 4. The Balaban J connectivity index is 1.62. The third-order valence-electron chi connectivity index (χ3n) is 8.29. The summed E-state index contributed by atoms with van der Waals surface area (Å²) in [5, 5.41) is 48.2. The highest BCUT2D eigenvalue weighted by Crippen LogP contribution is 2.12. The zero-order chi connectivity index (χ0) is 46.6. The van der Waals surface area contributed by atoms with E-state index in [-0.39, 0.29) is 61.1 Å². The lowest BCUT2D eigenvalue weighted by molar-refractivity contribution is -0.138. The molecule has 0 unspecified atom stereocenters. The highest BCUT2D eigenvalue weighted by atomic mass is 28.4. The standard InChI is InChI=1S/C40H41N4O16Si4/c45-33(17-21-37(49)50)41-25-1-9-29(10-2-25)61-58-63(31-13-5-27(6-14-31)43-35(47)19-23-39(53)54)60-64(32-15-7-28(8-16-32)44-36(48)20-24-40(55)56)59-62(57)30-11-3-26(4-12-30)42-34(46)18-22-38(51)52/h1-16,57H,17-24H2,(H,41,45)(H,42,46)(H,43,47)(H,44,48)(H,49,50)(H,51,52)(H,53,54)(H,55,56). The molecular weight excluding hydrogens is 905 g/mol. The fraction of sp³-hybridized carbons (Fsp3) is 0.200. The predicted molar refractivity (Wildman–Crippen MR) is 235 cm³/mol. The monoisotopic (exact) mass is 945 g/mol. The number of hydrogen-bond donors (Lipinski definition) is 9. The number of carbonyl (C=O) groups is 8. The highest BCUT2D eigenvalue weighted by molar-refractivity contribution is 6.81. The molecule has 0 bridgehead atoms. The molecule has 0 fully saturated rings. The van der Waals surface area contributed by atoms with Gasteiger partial charge >= 0.3 is 51.7 Å². The summed E-state index contributed by atoms with van der Waals surface area (Å²) >= 11 is 0. The van der Waals surface area contributed by atoms with Crippen molar-refractivity contribution in [2.24, 2.45) is 0 Å². The first-order chi connectivity index (χ1) is 30.5. The maximum absolute atomic E-state index is 12.3. The normalized spacial score (nSPS) is 10.9. The van der Waals surface area contributed by atoms with Gasteiger partial charge in [-0.15, -0.1) is 0 Å². The van der Waals surface area contributed by atoms with Crippen molar-refractivity contribution >= 4 is 129 Å². The second kappa shape index (κ2) is 25.5. The summed E-state index contributed by atoms with van der Waals surface area (Å²) in [6.07, 6.45) is -2.33. The zero-order valence-corrected chi connectivity index (χ0v) is 37.6. The molecule has 0 spiro atoms. The van der Waals surface area contributed by atoms with Crippen molar-refractivity contribution in [3.05, 3.63) is 97.1 Å². The molecule has 0 atom stereocenters. The summed E-state index contributed by atoms with van der Waals surface area (Å²) in [6.45, 7) is 0. The van der Waals surface area contributed by atoms with Gasteiger partial charge in [0.1, 0.15) is 0 Å². The SMILES string of the molecule is O=C(O)CCC(=O)Nc1ccc([Si]O[Si](O[Si](O[Si](O)c2ccc(NC(=O)CCC(=O)O)cc2)c2ccc(NC(=O)CCC(=O)O)cc2)c2ccc(NC(=O)CCC(=O)O)cc2)cc1. The third-order valence-corrected chi connectivity index (χ3v) is 15.4. The van der Waals surface area contributed by atoms with Crippen LogP contribution in [0.3, 0.4) is 0 Å². The van der Waals surface area contributed by atoms with Crippen molar-refractivity contribution in [3.8, 4) is 0 Å². The van der Waals surface area contributed by atoms with Crippen LogP contribution < -0.4 is 42.0 Å². The zero-order valence-electron chi connectivity index (χ0n) is 33.6. The molecule has 0 saturated heterocycles. The van der Waals surface area contributed by atoms with Crippen LogP contribution in [0.25, 0.3) is 0 Å². The van der Waals surface area contributed by atoms with E-state index in [1.807, 2.05) is 0 Å². The van der Waals surface area contributed by atoms with Crippen LogP contribution in [0.15, 0.2) is 97.1 Å². The number of rotatable bonds is 26. The highest BCUT2D eigenvalue weighted by Gasteiger charge is 2.33. The van der Waals surface area contributed by atoms with E-state index < -0.39 is 75.4 Å². The molecule has 5 radical (unpaired) electrons. The minimum atomic E-state index is -2.86. The topological polar surface area (TPSA) is 314 Å². The van der Waals surface area contributed by atoms with Crippen LogP contribution in [0.5, 0.6) is 0 Å². The third kappa shape index (κ3) is 18.4. The Labute approximate surface area is 373 Å². The summed E-state index contributed by atoms with van der Waals surface area (Å²) in [5.41, 5.74) is 1.50. The number of amides is 4. The van der Waals surface area contributed by atoms with Gasteiger partial charge in [-0.3, -0.25) is 38.4 Å². The molecule has 0 heterocycles. The van der Waals surface area contributed by atoms with Gasteiger partial charge in [-0.05, 0) is 69.3 Å². The van der Waals surface area contributed by atoms with Crippen LogP contribution in [-0.4, -0.2) is 110 Å². The van der Waals surface area contributed by atoms with Gasteiger partial charge in [0.15, 0.2) is 0 Å². The van der Waals surface area contributed by atoms with Crippen molar-refractivity contribution in [2.45, 2.75) is 51.4 Å². The molecule has 0 aliphatic rings. The average Bonchev–Trinajstić information content (AvgIpc) is 3.26. The number of carbonyl (C=O) groups excluding carboxylic acids is 4. The van der Waals surface area contributed by atoms with Gasteiger partial charge in [-0.2, -0.15) is 0 Å². The molecule has 4 aromatic rings. The Kier molecular flexibility index (Phi) is 19.9. The summed E-state index contributed by atoms with van der Waals surface area (Å²) in [5.74, 6) is -6.50. The second-order valence-corrected chi connectivity index (χ2v) is 20.1. The Bertz CT molecular complexity index is 2270. The molecule has 9 N–H and O–H groups in total. The van der Waals surface area contributed by atoms with Gasteiger partial charge in [0.2, 0.25) is 23.6 Å². The number of benzene rings is 4. The van der Waals surface area contributed by atoms with E-state index in [1.165, 1.54) is 24.3 Å². The Morgan fingerprint density at radius 1 is 0.406 bits per heavy atom. The van der Waals surface area contributed by atoms with Gasteiger partial charge in [0.25, 0.3) is 9.76 Å². The van der Waals surface area contributed by atoms with Crippen molar-refractivity contribution in [2.75, 3.05) is 21.3 Å². The molecule has 333 valence electrons. The van der Waals surface area contributed by atoms with Gasteiger partial charge < -0.3 is 58.8 Å². The van der Waals surface area contributed by atoms with Gasteiger partial charge in [-0.25, -0.2) is 0 Å². The molecule has 64 heavy (non-hydrogen) atoms. The Morgan fingerprint density at radius 2 is 0.703 bits per heavy atom. The molecule has 4 amide bonds. The summed E-state index contributed by atoms with van der Waals surface area (Å²) in [6, 6.07) is 25.5. The molecule has 0 aliphatic carbocycles. The summed E-state index contributed by atoms with van der Waals surface area (Å²) in [7, 11) is -8.48. The lowest BCUT2D eigenvalue weighted by Crippen LogP contribution is -2.53. The number of hydrogen-bond acceptors (Lipinski definition) is 12. The summed E-state index contributed by atoms with van der Waals surface area (Å²) in [4.78, 5) is 104. The van der Waals surface area contributed by atoms with E-state index in [9.17, 15) is 43.2 Å². The summed E-state index contributed by atoms with van der Waals surface area (Å²) < 4.78 is 19.4. The fourth-order valence-corrected chi connectivity index (χ4v) is 12.4. The van der Waals surface area contributed by atoms with E-state index in [4.69, 9.17) is 32.8 Å². The number of nitrogens with one attached hydrogen (secondary N) is 4. The quantitative estimate of drug-likeness (QED) is 0.0384. The number of anilines is 4. The van der Waals surface area contributed by atoms with Crippen LogP contribution in [0, 0.1) is 0 Å². The van der Waals surface area contributed by atoms with Crippen LogP contribution in [-0.2, 0) is 50.7 Å². The first-order valence-corrected chi connectivity index (χ1v) is 24.0. The molecule has 0 aliphatic heterocycles. The minimum absolute atomic E-state index is 0.206. The first-order valence-electron chi connectivity index (χ1n) is 19.1. The number of carboxylic acids is 4. The van der Waals surface area contributed by atoms with Crippen LogP contribution in [0.4, 0.5) is 22.7 Å². The van der Waals surface area contributed by atoms with Gasteiger partial charge in [0.05, 0.1) is 25.7 Å². The molecule has 0 aromatic heterocycles. The molecule has 4 aromatic carbocycles. The fourth-order valence-electron chi connectivity index (χ4n) is 5.09. The molecule has 24 heteroatoms. The van der Waals surface area contributed by atoms with Gasteiger partial charge in [-0.1, -0.05) is 48.5 Å². The maximum Gasteiger partial charge on any atom is 0.411 e. The molecule has 20 nitrogen and oxygen atoms in total. The van der Waals surface area contributed by atoms with Crippen LogP contribution in [0.2, 0.25) is 0 Å². The maximum atomic E-state index is 12.3. The van der Waals surface area contributed by atoms with Crippen LogP contribution in [0.1, 0.15) is 51.4 Å². The Morgan fingerprint density at radius 3 is 1.03 bits per heavy atom. The largest absolute Gasteiger partial charge is 0.481 e. The van der Waals surface area contributed by atoms with Crippen molar-refractivity contribution in [1.29, 1.82) is 0 Å². The molecule has 4 rings (SSSR count).